The molecule has 1 aromatic rings. The van der Waals surface area contributed by atoms with Gasteiger partial charge < -0.3 is 14.8 Å². The lowest BCUT2D eigenvalue weighted by Gasteiger charge is -2.25. The Kier molecular flexibility index (Phi) is 7.13. The first kappa shape index (κ1) is 16.4. The van der Waals surface area contributed by atoms with Crippen LogP contribution < -0.4 is 5.32 Å². The van der Waals surface area contributed by atoms with E-state index in [1.54, 1.807) is 0 Å². The van der Waals surface area contributed by atoms with E-state index in [0.717, 1.165) is 57.7 Å². The Morgan fingerprint density at radius 1 is 1.29 bits per heavy atom. The Hall–Kier alpha value is -0.970. The maximum Gasteiger partial charge on any atom is 0.123 e. The molecule has 1 aromatic carbocycles. The average molecular weight is 295 g/mol. The van der Waals surface area contributed by atoms with Gasteiger partial charge in [0, 0.05) is 19.8 Å². The van der Waals surface area contributed by atoms with Gasteiger partial charge in [-0.25, -0.2) is 4.39 Å². The van der Waals surface area contributed by atoms with Crippen LogP contribution in [-0.2, 0) is 9.47 Å². The Morgan fingerprint density at radius 3 is 2.67 bits per heavy atom. The Morgan fingerprint density at radius 2 is 2.00 bits per heavy atom. The molecule has 1 saturated heterocycles. The van der Waals surface area contributed by atoms with Crippen LogP contribution in [0.15, 0.2) is 24.3 Å². The summed E-state index contributed by atoms with van der Waals surface area (Å²) >= 11 is 0. The molecule has 1 heterocycles. The van der Waals surface area contributed by atoms with Gasteiger partial charge in [0.15, 0.2) is 0 Å². The zero-order valence-corrected chi connectivity index (χ0v) is 12.8. The SMILES string of the molecule is CCCNCC(OCC1CCOCC1)c1ccc(F)cc1. The van der Waals surface area contributed by atoms with Crippen molar-refractivity contribution in [1.29, 1.82) is 0 Å². The first-order valence-electron chi connectivity index (χ1n) is 7.95. The van der Waals surface area contributed by atoms with Crippen LogP contribution in [0.5, 0.6) is 0 Å². The maximum atomic E-state index is 13.1. The standard InChI is InChI=1S/C17H26FNO2/c1-2-9-19-12-17(15-3-5-16(18)6-4-15)21-13-14-7-10-20-11-8-14/h3-6,14,17,19H,2,7-13H2,1H3. The third kappa shape index (κ3) is 5.73. The quantitative estimate of drug-likeness (QED) is 0.746. The van der Waals surface area contributed by atoms with Gasteiger partial charge in [-0.1, -0.05) is 19.1 Å². The number of nitrogens with one attached hydrogen (secondary N) is 1. The molecule has 118 valence electrons. The first-order valence-corrected chi connectivity index (χ1v) is 7.95. The molecule has 2 rings (SSSR count). The number of halogens is 1. The van der Waals surface area contributed by atoms with Crippen LogP contribution in [0.1, 0.15) is 37.9 Å². The minimum atomic E-state index is -0.205. The van der Waals surface area contributed by atoms with Gasteiger partial charge >= 0.3 is 0 Å². The van der Waals surface area contributed by atoms with Gasteiger partial charge in [0.2, 0.25) is 0 Å². The van der Waals surface area contributed by atoms with E-state index in [4.69, 9.17) is 9.47 Å². The fraction of sp³-hybridized carbons (Fsp3) is 0.647. The van der Waals surface area contributed by atoms with Gasteiger partial charge in [0.05, 0.1) is 12.7 Å². The van der Waals surface area contributed by atoms with Crippen LogP contribution in [0.25, 0.3) is 0 Å². The summed E-state index contributed by atoms with van der Waals surface area (Å²) in [6.45, 7) is 6.30. The third-order valence-corrected chi connectivity index (χ3v) is 3.87. The molecule has 1 N–H and O–H groups in total. The summed E-state index contributed by atoms with van der Waals surface area (Å²) in [5.41, 5.74) is 1.03. The monoisotopic (exact) mass is 295 g/mol. The number of hydrogen-bond donors (Lipinski definition) is 1. The normalized spacial score (nSPS) is 17.8. The summed E-state index contributed by atoms with van der Waals surface area (Å²) in [7, 11) is 0. The van der Waals surface area contributed by atoms with Crippen molar-refractivity contribution in [2.45, 2.75) is 32.3 Å². The Balaban J connectivity index is 1.89. The molecule has 0 aliphatic carbocycles. The summed E-state index contributed by atoms with van der Waals surface area (Å²) in [4.78, 5) is 0. The zero-order chi connectivity index (χ0) is 14.9. The van der Waals surface area contributed by atoms with Crippen molar-refractivity contribution in [3.05, 3.63) is 35.6 Å². The highest BCUT2D eigenvalue weighted by Crippen LogP contribution is 2.21. The van der Waals surface area contributed by atoms with Crippen LogP contribution >= 0.6 is 0 Å². The van der Waals surface area contributed by atoms with Gasteiger partial charge in [-0.05, 0) is 49.4 Å². The molecule has 1 unspecified atom stereocenters. The van der Waals surface area contributed by atoms with Gasteiger partial charge in [-0.15, -0.1) is 0 Å². The van der Waals surface area contributed by atoms with Gasteiger partial charge in [0.1, 0.15) is 5.82 Å². The predicted molar refractivity (Wildman–Crippen MR) is 81.8 cm³/mol. The lowest BCUT2D eigenvalue weighted by atomic mass is 10.0. The predicted octanol–water partition coefficient (Wildman–Crippen LogP) is 3.31. The molecule has 1 fully saturated rings. The van der Waals surface area contributed by atoms with E-state index in [-0.39, 0.29) is 11.9 Å². The molecule has 1 atom stereocenters. The minimum Gasteiger partial charge on any atom is -0.381 e. The van der Waals surface area contributed by atoms with Crippen LogP contribution in [0.4, 0.5) is 4.39 Å². The van der Waals surface area contributed by atoms with Gasteiger partial charge in [-0.2, -0.15) is 0 Å². The maximum absolute atomic E-state index is 13.1. The van der Waals surface area contributed by atoms with E-state index >= 15 is 0 Å². The fourth-order valence-electron chi connectivity index (χ4n) is 2.53. The number of ether oxygens (including phenoxy) is 2. The second-order valence-electron chi connectivity index (χ2n) is 5.63. The van der Waals surface area contributed by atoms with E-state index in [2.05, 4.69) is 12.2 Å². The third-order valence-electron chi connectivity index (χ3n) is 3.87. The van der Waals surface area contributed by atoms with Gasteiger partial charge in [0.25, 0.3) is 0 Å². The van der Waals surface area contributed by atoms with E-state index in [0.29, 0.717) is 5.92 Å². The smallest absolute Gasteiger partial charge is 0.123 e. The molecule has 1 aliphatic heterocycles. The highest BCUT2D eigenvalue weighted by atomic mass is 19.1. The lowest BCUT2D eigenvalue weighted by molar-refractivity contribution is -0.0113. The summed E-state index contributed by atoms with van der Waals surface area (Å²) in [5.74, 6) is 0.372. The zero-order valence-electron chi connectivity index (χ0n) is 12.8. The fourth-order valence-corrected chi connectivity index (χ4v) is 2.53. The van der Waals surface area contributed by atoms with Crippen molar-refractivity contribution < 1.29 is 13.9 Å². The number of rotatable bonds is 8. The van der Waals surface area contributed by atoms with Crippen LogP contribution in [0.2, 0.25) is 0 Å². The second kappa shape index (κ2) is 9.13. The van der Waals surface area contributed by atoms with Crippen molar-refractivity contribution in [3.8, 4) is 0 Å². The van der Waals surface area contributed by atoms with Crippen molar-refractivity contribution in [1.82, 2.24) is 5.32 Å². The summed E-state index contributed by atoms with van der Waals surface area (Å²) in [6, 6.07) is 6.63. The Bertz CT molecular complexity index is 390. The van der Waals surface area contributed by atoms with Gasteiger partial charge in [-0.3, -0.25) is 0 Å². The lowest BCUT2D eigenvalue weighted by Crippen LogP contribution is -2.27. The molecule has 4 heteroatoms. The summed E-state index contributed by atoms with van der Waals surface area (Å²) in [5, 5.41) is 3.39. The molecule has 0 amide bonds. The first-order chi connectivity index (χ1) is 10.3. The van der Waals surface area contributed by atoms with Crippen molar-refractivity contribution >= 4 is 0 Å². The molecular weight excluding hydrogens is 269 g/mol. The van der Waals surface area contributed by atoms with Crippen molar-refractivity contribution in [2.75, 3.05) is 32.9 Å². The van der Waals surface area contributed by atoms with E-state index in [1.165, 1.54) is 12.1 Å². The minimum absolute atomic E-state index is 0.0139. The average Bonchev–Trinajstić information content (AvgIpc) is 2.53. The second-order valence-corrected chi connectivity index (χ2v) is 5.63. The molecule has 3 nitrogen and oxygen atoms in total. The number of hydrogen-bond acceptors (Lipinski definition) is 3. The van der Waals surface area contributed by atoms with Crippen LogP contribution in [0.3, 0.4) is 0 Å². The molecular formula is C17H26FNO2. The number of benzene rings is 1. The highest BCUT2D eigenvalue weighted by molar-refractivity contribution is 5.19. The molecule has 21 heavy (non-hydrogen) atoms. The molecule has 0 spiro atoms. The summed E-state index contributed by atoms with van der Waals surface area (Å²) < 4.78 is 24.6. The van der Waals surface area contributed by atoms with Crippen molar-refractivity contribution in [3.63, 3.8) is 0 Å². The van der Waals surface area contributed by atoms with E-state index in [9.17, 15) is 4.39 Å². The Labute approximate surface area is 126 Å². The van der Waals surface area contributed by atoms with Crippen LogP contribution in [-0.4, -0.2) is 32.9 Å². The van der Waals surface area contributed by atoms with E-state index < -0.39 is 0 Å². The molecule has 0 saturated carbocycles. The topological polar surface area (TPSA) is 30.5 Å². The molecule has 1 aliphatic rings. The summed E-state index contributed by atoms with van der Waals surface area (Å²) in [6.07, 6.45) is 3.22. The van der Waals surface area contributed by atoms with E-state index in [1.807, 2.05) is 12.1 Å². The van der Waals surface area contributed by atoms with Crippen molar-refractivity contribution in [2.24, 2.45) is 5.92 Å². The molecule has 0 bridgehead atoms. The van der Waals surface area contributed by atoms with Crippen LogP contribution in [0, 0.1) is 11.7 Å². The molecule has 0 aromatic heterocycles. The highest BCUT2D eigenvalue weighted by Gasteiger charge is 2.18. The largest absolute Gasteiger partial charge is 0.381 e. The molecule has 0 radical (unpaired) electrons.